The number of hydrogen-bond acceptors (Lipinski definition) is 2. The Morgan fingerprint density at radius 1 is 1.14 bits per heavy atom. The van der Waals surface area contributed by atoms with E-state index in [1.165, 1.54) is 0 Å². The molecule has 1 aliphatic heterocycles. The molecule has 0 bridgehead atoms. The van der Waals surface area contributed by atoms with Crippen LogP contribution in [0.1, 0.15) is 35.6 Å². The summed E-state index contributed by atoms with van der Waals surface area (Å²) in [5.41, 5.74) is 3.31. The lowest BCUT2D eigenvalue weighted by Crippen LogP contribution is -2.46. The maximum absolute atomic E-state index is 13.3. The molecule has 2 atom stereocenters. The number of anilines is 1. The zero-order chi connectivity index (χ0) is 20.3. The van der Waals surface area contributed by atoms with Crippen molar-refractivity contribution < 1.29 is 18.0 Å². The Labute approximate surface area is 163 Å². The van der Waals surface area contributed by atoms with Crippen LogP contribution in [0.25, 0.3) is 0 Å². The van der Waals surface area contributed by atoms with E-state index in [0.29, 0.717) is 24.2 Å². The van der Waals surface area contributed by atoms with Gasteiger partial charge in [0.25, 0.3) is 0 Å². The molecular weight excluding hydrogens is 365 g/mol. The van der Waals surface area contributed by atoms with Crippen molar-refractivity contribution >= 4 is 11.6 Å². The van der Waals surface area contributed by atoms with Gasteiger partial charge < -0.3 is 5.32 Å². The number of halogens is 3. The fraction of sp³-hybridized carbons (Fsp3) is 0.409. The van der Waals surface area contributed by atoms with Crippen molar-refractivity contribution in [2.45, 2.75) is 38.9 Å². The van der Waals surface area contributed by atoms with Gasteiger partial charge in [-0.3, -0.25) is 9.69 Å². The summed E-state index contributed by atoms with van der Waals surface area (Å²) in [5.74, 6) is -1.70. The molecule has 6 heteroatoms. The second-order valence-electron chi connectivity index (χ2n) is 7.50. The molecule has 150 valence electrons. The minimum absolute atomic E-state index is 0.111. The van der Waals surface area contributed by atoms with Gasteiger partial charge >= 0.3 is 6.18 Å². The summed E-state index contributed by atoms with van der Waals surface area (Å²) in [6, 6.07) is 14.0. The van der Waals surface area contributed by atoms with Crippen LogP contribution in [0.2, 0.25) is 0 Å². The van der Waals surface area contributed by atoms with E-state index >= 15 is 0 Å². The first kappa shape index (κ1) is 20.4. The van der Waals surface area contributed by atoms with E-state index in [4.69, 9.17) is 0 Å². The second-order valence-corrected chi connectivity index (χ2v) is 7.50. The van der Waals surface area contributed by atoms with Crippen molar-refractivity contribution in [1.29, 1.82) is 0 Å². The van der Waals surface area contributed by atoms with E-state index in [0.717, 1.165) is 11.1 Å². The predicted octanol–water partition coefficient (Wildman–Crippen LogP) is 5.26. The molecule has 1 fully saturated rings. The lowest BCUT2D eigenvalue weighted by atomic mass is 9.94. The monoisotopic (exact) mass is 390 g/mol. The first-order valence-electron chi connectivity index (χ1n) is 9.49. The first-order valence-corrected chi connectivity index (χ1v) is 9.49. The number of carbonyl (C=O) groups excluding carboxylic acids is 1. The van der Waals surface area contributed by atoms with E-state index in [9.17, 15) is 18.0 Å². The Hall–Kier alpha value is -2.34. The third-order valence-corrected chi connectivity index (χ3v) is 5.30. The summed E-state index contributed by atoms with van der Waals surface area (Å²) in [6.45, 7) is 4.13. The van der Waals surface area contributed by atoms with Gasteiger partial charge in [0.15, 0.2) is 0 Å². The van der Waals surface area contributed by atoms with Crippen LogP contribution in [0.4, 0.5) is 18.9 Å². The van der Waals surface area contributed by atoms with Crippen LogP contribution in [0, 0.1) is 19.8 Å². The number of alkyl halides is 3. The molecule has 0 aromatic heterocycles. The lowest BCUT2D eigenvalue weighted by Gasteiger charge is -2.38. The number of aryl methyl sites for hydroxylation is 2. The average molecular weight is 390 g/mol. The van der Waals surface area contributed by atoms with Crippen molar-refractivity contribution in [2.24, 2.45) is 5.92 Å². The molecule has 0 unspecified atom stereocenters. The quantitative estimate of drug-likeness (QED) is 0.773. The number of nitrogens with zero attached hydrogens (tertiary/aromatic N) is 1. The van der Waals surface area contributed by atoms with E-state index in [2.05, 4.69) is 5.32 Å². The number of piperidine rings is 1. The molecular formula is C22H25F3N2O. The van der Waals surface area contributed by atoms with Crippen LogP contribution in [-0.2, 0) is 4.79 Å². The average Bonchev–Trinajstić information content (AvgIpc) is 2.65. The van der Waals surface area contributed by atoms with Crippen LogP contribution >= 0.6 is 0 Å². The van der Waals surface area contributed by atoms with Crippen LogP contribution in [0.5, 0.6) is 0 Å². The molecule has 1 saturated heterocycles. The maximum Gasteiger partial charge on any atom is 0.393 e. The van der Waals surface area contributed by atoms with Gasteiger partial charge in [-0.2, -0.15) is 13.2 Å². The third kappa shape index (κ3) is 4.73. The first-order chi connectivity index (χ1) is 13.3. The highest BCUT2D eigenvalue weighted by Gasteiger charge is 2.44. The lowest BCUT2D eigenvalue weighted by molar-refractivity contribution is -0.189. The Morgan fingerprint density at radius 3 is 2.54 bits per heavy atom. The fourth-order valence-electron chi connectivity index (χ4n) is 3.74. The number of likely N-dealkylation sites (tertiary alicyclic amines) is 1. The van der Waals surface area contributed by atoms with Gasteiger partial charge in [-0.25, -0.2) is 0 Å². The summed E-state index contributed by atoms with van der Waals surface area (Å²) in [5, 5.41) is 2.94. The molecule has 3 rings (SSSR count). The zero-order valence-electron chi connectivity index (χ0n) is 16.1. The highest BCUT2D eigenvalue weighted by molar-refractivity contribution is 5.96. The van der Waals surface area contributed by atoms with Crippen LogP contribution in [0.15, 0.2) is 48.5 Å². The number of hydrogen-bond donors (Lipinski definition) is 1. The van der Waals surface area contributed by atoms with E-state index in [1.54, 1.807) is 29.2 Å². The molecule has 0 aliphatic carbocycles. The van der Waals surface area contributed by atoms with Gasteiger partial charge in [0.2, 0.25) is 5.91 Å². The standard InChI is InChI=1S/C22H25F3N2O/c1-15-10-11-16(2)19(13-15)26-21(28)20(17-7-4-3-5-8-17)27-12-6-9-18(14-27)22(23,24)25/h3-5,7-8,10-11,13,18,20H,6,9,12,14H2,1-2H3,(H,26,28)/t18-,20-/m0/s1. The van der Waals surface area contributed by atoms with Gasteiger partial charge in [0.05, 0.1) is 5.92 Å². The summed E-state index contributed by atoms with van der Waals surface area (Å²) >= 11 is 0. The molecule has 28 heavy (non-hydrogen) atoms. The third-order valence-electron chi connectivity index (χ3n) is 5.30. The predicted molar refractivity (Wildman–Crippen MR) is 104 cm³/mol. The topological polar surface area (TPSA) is 32.3 Å². The van der Waals surface area contributed by atoms with E-state index < -0.39 is 18.1 Å². The Balaban J connectivity index is 1.89. The van der Waals surface area contributed by atoms with Crippen molar-refractivity contribution in [3.05, 3.63) is 65.2 Å². The maximum atomic E-state index is 13.3. The minimum Gasteiger partial charge on any atom is -0.324 e. The summed E-state index contributed by atoms with van der Waals surface area (Å²) in [7, 11) is 0. The highest BCUT2D eigenvalue weighted by Crippen LogP contribution is 2.36. The molecule has 1 heterocycles. The van der Waals surface area contributed by atoms with Crippen molar-refractivity contribution in [1.82, 2.24) is 4.90 Å². The van der Waals surface area contributed by atoms with Gasteiger partial charge in [0.1, 0.15) is 6.04 Å². The molecule has 3 nitrogen and oxygen atoms in total. The summed E-state index contributed by atoms with van der Waals surface area (Å²) < 4.78 is 39.9. The Morgan fingerprint density at radius 2 is 1.86 bits per heavy atom. The number of benzene rings is 2. The number of carbonyl (C=O) groups is 1. The number of nitrogens with one attached hydrogen (secondary N) is 1. The summed E-state index contributed by atoms with van der Waals surface area (Å²) in [6.07, 6.45) is -3.71. The van der Waals surface area contributed by atoms with E-state index in [1.807, 2.05) is 38.1 Å². The minimum atomic E-state index is -4.25. The zero-order valence-corrected chi connectivity index (χ0v) is 16.1. The largest absolute Gasteiger partial charge is 0.393 e. The van der Waals surface area contributed by atoms with Crippen molar-refractivity contribution in [2.75, 3.05) is 18.4 Å². The molecule has 0 spiro atoms. The molecule has 1 N–H and O–H groups in total. The van der Waals surface area contributed by atoms with Gasteiger partial charge in [-0.05, 0) is 56.0 Å². The number of amides is 1. The Bertz CT molecular complexity index is 820. The van der Waals surface area contributed by atoms with E-state index in [-0.39, 0.29) is 18.9 Å². The Kier molecular flexibility index (Phi) is 6.08. The highest BCUT2D eigenvalue weighted by atomic mass is 19.4. The van der Waals surface area contributed by atoms with Crippen molar-refractivity contribution in [3.8, 4) is 0 Å². The summed E-state index contributed by atoms with van der Waals surface area (Å²) in [4.78, 5) is 14.9. The van der Waals surface area contributed by atoms with Gasteiger partial charge in [0, 0.05) is 12.2 Å². The molecule has 0 radical (unpaired) electrons. The van der Waals surface area contributed by atoms with Crippen molar-refractivity contribution in [3.63, 3.8) is 0 Å². The number of rotatable bonds is 4. The van der Waals surface area contributed by atoms with Crippen LogP contribution < -0.4 is 5.32 Å². The van der Waals surface area contributed by atoms with Gasteiger partial charge in [-0.1, -0.05) is 42.5 Å². The fourth-order valence-corrected chi connectivity index (χ4v) is 3.74. The molecule has 2 aromatic carbocycles. The molecule has 1 amide bonds. The molecule has 2 aromatic rings. The normalized spacial score (nSPS) is 19.2. The van der Waals surface area contributed by atoms with Crippen LogP contribution in [0.3, 0.4) is 0 Å². The van der Waals surface area contributed by atoms with Crippen LogP contribution in [-0.4, -0.2) is 30.1 Å². The second kappa shape index (κ2) is 8.35. The SMILES string of the molecule is Cc1ccc(C)c(NC(=O)[C@H](c2ccccc2)N2CCC[C@H](C(F)(F)F)C2)c1. The smallest absolute Gasteiger partial charge is 0.324 e. The van der Waals surface area contributed by atoms with Gasteiger partial charge in [-0.15, -0.1) is 0 Å². The molecule has 0 saturated carbocycles. The molecule has 1 aliphatic rings.